The summed E-state index contributed by atoms with van der Waals surface area (Å²) in [5.41, 5.74) is 1.73. The summed E-state index contributed by atoms with van der Waals surface area (Å²) in [6.45, 7) is 3.08. The van der Waals surface area contributed by atoms with Gasteiger partial charge in [0, 0.05) is 17.8 Å². The maximum absolute atomic E-state index is 10.7. The summed E-state index contributed by atoms with van der Waals surface area (Å²) in [6.07, 6.45) is 0. The molecule has 7 nitrogen and oxygen atoms in total. The lowest BCUT2D eigenvalue weighted by Gasteiger charge is -2.22. The van der Waals surface area contributed by atoms with Gasteiger partial charge in [-0.05, 0) is 49.0 Å². The third-order valence-corrected chi connectivity index (χ3v) is 3.97. The molecular formula is C17H17N3O4S. The lowest BCUT2D eigenvalue weighted by molar-refractivity contribution is -0.384. The van der Waals surface area contributed by atoms with Gasteiger partial charge in [0.1, 0.15) is 13.2 Å². The number of fused-ring (bicyclic) bond motifs is 1. The van der Waals surface area contributed by atoms with E-state index in [1.54, 1.807) is 12.1 Å². The van der Waals surface area contributed by atoms with Gasteiger partial charge in [0.15, 0.2) is 16.6 Å². The topological polar surface area (TPSA) is 85.7 Å². The molecule has 0 amide bonds. The van der Waals surface area contributed by atoms with Gasteiger partial charge in [-0.2, -0.15) is 0 Å². The summed E-state index contributed by atoms with van der Waals surface area (Å²) in [5, 5.41) is 17.3. The van der Waals surface area contributed by atoms with Gasteiger partial charge >= 0.3 is 0 Å². The molecule has 0 unspecified atom stereocenters. The number of benzene rings is 2. The van der Waals surface area contributed by atoms with Crippen molar-refractivity contribution < 1.29 is 14.4 Å². The fourth-order valence-electron chi connectivity index (χ4n) is 2.44. The van der Waals surface area contributed by atoms with Crippen LogP contribution in [0.15, 0.2) is 42.5 Å². The Balaban J connectivity index is 1.61. The Labute approximate surface area is 150 Å². The van der Waals surface area contributed by atoms with E-state index in [0.717, 1.165) is 17.1 Å². The van der Waals surface area contributed by atoms with E-state index in [4.69, 9.17) is 21.7 Å². The van der Waals surface area contributed by atoms with Crippen molar-refractivity contribution in [2.24, 2.45) is 0 Å². The quantitative estimate of drug-likeness (QED) is 0.491. The van der Waals surface area contributed by atoms with Crippen LogP contribution in [-0.2, 0) is 0 Å². The van der Waals surface area contributed by atoms with E-state index in [1.165, 1.54) is 12.1 Å². The van der Waals surface area contributed by atoms with Crippen LogP contribution in [-0.4, -0.2) is 23.2 Å². The van der Waals surface area contributed by atoms with Crippen LogP contribution in [0.5, 0.6) is 11.5 Å². The van der Waals surface area contributed by atoms with E-state index in [9.17, 15) is 10.1 Å². The molecule has 8 heteroatoms. The van der Waals surface area contributed by atoms with Crippen LogP contribution in [0.2, 0.25) is 0 Å². The van der Waals surface area contributed by atoms with Gasteiger partial charge in [-0.15, -0.1) is 0 Å². The molecule has 25 heavy (non-hydrogen) atoms. The minimum atomic E-state index is -0.440. The molecule has 130 valence electrons. The van der Waals surface area contributed by atoms with Crippen LogP contribution in [0.3, 0.4) is 0 Å². The molecule has 1 atom stereocenters. The number of hydrogen-bond acceptors (Lipinski definition) is 5. The third kappa shape index (κ3) is 4.16. The Morgan fingerprint density at radius 1 is 1.16 bits per heavy atom. The first-order chi connectivity index (χ1) is 12.0. The highest BCUT2D eigenvalue weighted by atomic mass is 32.1. The zero-order valence-electron chi connectivity index (χ0n) is 13.5. The first-order valence-corrected chi connectivity index (χ1v) is 8.15. The largest absolute Gasteiger partial charge is 0.486 e. The van der Waals surface area contributed by atoms with Crippen molar-refractivity contribution in [1.82, 2.24) is 5.32 Å². The molecule has 0 bridgehead atoms. The van der Waals surface area contributed by atoms with Crippen LogP contribution >= 0.6 is 12.2 Å². The number of nitro groups is 1. The Bertz CT molecular complexity index is 795. The second-order valence-corrected chi connectivity index (χ2v) is 5.94. The van der Waals surface area contributed by atoms with E-state index in [1.807, 2.05) is 25.1 Å². The maximum atomic E-state index is 10.7. The molecule has 1 aliphatic rings. The summed E-state index contributed by atoms with van der Waals surface area (Å²) in [7, 11) is 0. The SMILES string of the molecule is C[C@H](NC(=S)Nc1ccc([N+](=O)[O-])cc1)c1ccc2c(c1)OCCO2. The smallest absolute Gasteiger partial charge is 0.269 e. The molecule has 3 rings (SSSR count). The minimum Gasteiger partial charge on any atom is -0.486 e. The Morgan fingerprint density at radius 3 is 2.52 bits per heavy atom. The third-order valence-electron chi connectivity index (χ3n) is 3.75. The first kappa shape index (κ1) is 17.0. The normalized spacial score (nSPS) is 13.6. The van der Waals surface area contributed by atoms with Crippen molar-refractivity contribution in [3.63, 3.8) is 0 Å². The van der Waals surface area contributed by atoms with Crippen LogP contribution < -0.4 is 20.1 Å². The van der Waals surface area contributed by atoms with Crippen LogP contribution in [0.4, 0.5) is 11.4 Å². The number of nitrogens with zero attached hydrogens (tertiary/aromatic N) is 1. The highest BCUT2D eigenvalue weighted by molar-refractivity contribution is 7.80. The molecule has 2 aromatic carbocycles. The van der Waals surface area contributed by atoms with Gasteiger partial charge in [0.05, 0.1) is 11.0 Å². The van der Waals surface area contributed by atoms with Crippen LogP contribution in [0.25, 0.3) is 0 Å². The predicted octanol–water partition coefficient (Wildman–Crippen LogP) is 3.41. The van der Waals surface area contributed by atoms with Crippen molar-refractivity contribution >= 4 is 28.7 Å². The summed E-state index contributed by atoms with van der Waals surface area (Å²) in [4.78, 5) is 10.2. The zero-order chi connectivity index (χ0) is 17.8. The van der Waals surface area contributed by atoms with Gasteiger partial charge in [-0.3, -0.25) is 10.1 Å². The highest BCUT2D eigenvalue weighted by Crippen LogP contribution is 2.32. The van der Waals surface area contributed by atoms with E-state index in [2.05, 4.69) is 10.6 Å². The molecule has 0 saturated heterocycles. The number of ether oxygens (including phenoxy) is 2. The van der Waals surface area contributed by atoms with Gasteiger partial charge < -0.3 is 20.1 Å². The molecular weight excluding hydrogens is 342 g/mol. The number of thiocarbonyl (C=S) groups is 1. The van der Waals surface area contributed by atoms with E-state index in [-0.39, 0.29) is 11.7 Å². The fraction of sp³-hybridized carbons (Fsp3) is 0.235. The number of non-ortho nitro benzene ring substituents is 1. The number of nitrogens with one attached hydrogen (secondary N) is 2. The van der Waals surface area contributed by atoms with Crippen molar-refractivity contribution in [2.45, 2.75) is 13.0 Å². The number of nitro benzene ring substituents is 1. The van der Waals surface area contributed by atoms with Crippen LogP contribution in [0, 0.1) is 10.1 Å². The lowest BCUT2D eigenvalue weighted by Crippen LogP contribution is -2.31. The van der Waals surface area contributed by atoms with Crippen molar-refractivity contribution in [1.29, 1.82) is 0 Å². The lowest BCUT2D eigenvalue weighted by atomic mass is 10.1. The van der Waals surface area contributed by atoms with Gasteiger partial charge in [-0.1, -0.05) is 6.07 Å². The second-order valence-electron chi connectivity index (χ2n) is 5.53. The minimum absolute atomic E-state index is 0.0362. The molecule has 1 aliphatic heterocycles. The monoisotopic (exact) mass is 359 g/mol. The standard InChI is InChI=1S/C17H17N3O4S/c1-11(12-2-7-15-16(10-12)24-9-8-23-15)18-17(25)19-13-3-5-14(6-4-13)20(21)22/h2-7,10-11H,8-9H2,1H3,(H2,18,19,25)/t11-/m0/s1. The molecule has 2 aromatic rings. The fourth-order valence-corrected chi connectivity index (χ4v) is 2.74. The number of anilines is 1. The van der Waals surface area contributed by atoms with Crippen molar-refractivity contribution in [3.8, 4) is 11.5 Å². The van der Waals surface area contributed by atoms with Crippen molar-refractivity contribution in [3.05, 3.63) is 58.1 Å². The predicted molar refractivity (Wildman–Crippen MR) is 98.3 cm³/mol. The Morgan fingerprint density at radius 2 is 1.84 bits per heavy atom. The van der Waals surface area contributed by atoms with E-state index in [0.29, 0.717) is 24.0 Å². The van der Waals surface area contributed by atoms with E-state index < -0.39 is 4.92 Å². The van der Waals surface area contributed by atoms with Crippen LogP contribution in [0.1, 0.15) is 18.5 Å². The Kier molecular flexibility index (Phi) is 4.99. The Hall–Kier alpha value is -2.87. The van der Waals surface area contributed by atoms with Gasteiger partial charge in [0.25, 0.3) is 5.69 Å². The number of hydrogen-bond donors (Lipinski definition) is 2. The summed E-state index contributed by atoms with van der Waals surface area (Å²) >= 11 is 5.31. The van der Waals surface area contributed by atoms with Gasteiger partial charge in [0.2, 0.25) is 0 Å². The molecule has 0 aliphatic carbocycles. The molecule has 0 radical (unpaired) electrons. The summed E-state index contributed by atoms with van der Waals surface area (Å²) in [5.74, 6) is 1.47. The van der Waals surface area contributed by atoms with Gasteiger partial charge in [-0.25, -0.2) is 0 Å². The van der Waals surface area contributed by atoms with E-state index >= 15 is 0 Å². The average Bonchev–Trinajstić information content (AvgIpc) is 2.61. The maximum Gasteiger partial charge on any atom is 0.269 e. The molecule has 0 aromatic heterocycles. The molecule has 0 spiro atoms. The summed E-state index contributed by atoms with van der Waals surface area (Å²) < 4.78 is 11.1. The first-order valence-electron chi connectivity index (χ1n) is 7.74. The zero-order valence-corrected chi connectivity index (χ0v) is 14.3. The second kappa shape index (κ2) is 7.35. The molecule has 0 saturated carbocycles. The highest BCUT2D eigenvalue weighted by Gasteiger charge is 2.15. The molecule has 0 fully saturated rings. The average molecular weight is 359 g/mol. The number of rotatable bonds is 4. The molecule has 1 heterocycles. The van der Waals surface area contributed by atoms with Crippen molar-refractivity contribution in [2.75, 3.05) is 18.5 Å². The summed E-state index contributed by atoms with van der Waals surface area (Å²) in [6, 6.07) is 11.8. The molecule has 2 N–H and O–H groups in total.